The Hall–Kier alpha value is -5.88. The van der Waals surface area contributed by atoms with Crippen LogP contribution in [0.3, 0.4) is 0 Å². The molecular formula is C59H72O6. The van der Waals surface area contributed by atoms with Crippen molar-refractivity contribution in [2.45, 2.75) is 151 Å². The molecule has 0 amide bonds. The van der Waals surface area contributed by atoms with Crippen molar-refractivity contribution in [2.24, 2.45) is 0 Å². The van der Waals surface area contributed by atoms with Crippen molar-refractivity contribution < 1.29 is 30.6 Å². The van der Waals surface area contributed by atoms with Crippen LogP contribution in [0.2, 0.25) is 0 Å². The Bertz CT molecular complexity index is 2390. The van der Waals surface area contributed by atoms with Crippen molar-refractivity contribution in [2.75, 3.05) is 0 Å². The molecule has 6 heteroatoms. The number of phenolic OH excluding ortho intramolecular Hbond substituents is 6. The summed E-state index contributed by atoms with van der Waals surface area (Å²) in [6.45, 7) is 12.8. The fourth-order valence-corrected chi connectivity index (χ4v) is 9.61. The van der Waals surface area contributed by atoms with Gasteiger partial charge in [-0.1, -0.05) is 153 Å². The topological polar surface area (TPSA) is 121 Å². The fraction of sp³-hybridized carbons (Fsp3) is 0.390. The van der Waals surface area contributed by atoms with Crippen molar-refractivity contribution in [3.63, 3.8) is 0 Å². The molecule has 0 heterocycles. The molecule has 0 saturated carbocycles. The monoisotopic (exact) mass is 877 g/mol. The molecule has 6 aromatic carbocycles. The van der Waals surface area contributed by atoms with Crippen LogP contribution >= 0.6 is 0 Å². The summed E-state index contributed by atoms with van der Waals surface area (Å²) in [5.41, 5.74) is 14.1. The van der Waals surface area contributed by atoms with Crippen LogP contribution in [0, 0.1) is 0 Å². The van der Waals surface area contributed by atoms with Crippen molar-refractivity contribution in [1.82, 2.24) is 0 Å². The standard InChI is InChI=1S/C59H72O6/c1-7-13-38-19-21-54(60)44(23-38)33-46-25-40(15-9-3)27-48(56(46)62)35-50-29-42(17-11-5)31-52(58(50)64)37-53-32-43(18-12-6)30-51(59(53)65)36-49-28-41(16-10-4)26-47(57(49)63)34-45-24-39(14-8-2)20-22-55(45)61/h19-32,60-65H,7-18,33-37H2,1-6H3. The van der Waals surface area contributed by atoms with Gasteiger partial charge in [-0.3, -0.25) is 0 Å². The summed E-state index contributed by atoms with van der Waals surface area (Å²) in [6, 6.07) is 27.9. The van der Waals surface area contributed by atoms with E-state index in [0.717, 1.165) is 155 Å². The maximum Gasteiger partial charge on any atom is 0.122 e. The van der Waals surface area contributed by atoms with Gasteiger partial charge in [-0.15, -0.1) is 0 Å². The van der Waals surface area contributed by atoms with Gasteiger partial charge in [-0.25, -0.2) is 0 Å². The molecule has 65 heavy (non-hydrogen) atoms. The number of aryl methyl sites for hydroxylation is 6. The van der Waals surface area contributed by atoms with Crippen molar-refractivity contribution in [3.8, 4) is 34.5 Å². The molecule has 0 spiro atoms. The molecule has 0 atom stereocenters. The van der Waals surface area contributed by atoms with E-state index in [4.69, 9.17) is 0 Å². The Balaban J connectivity index is 1.37. The zero-order valence-corrected chi connectivity index (χ0v) is 39.8. The number of hydrogen-bond donors (Lipinski definition) is 6. The number of rotatable bonds is 22. The number of hydrogen-bond acceptors (Lipinski definition) is 6. The summed E-state index contributed by atoms with van der Waals surface area (Å²) in [6.07, 6.45) is 12.5. The van der Waals surface area contributed by atoms with Crippen LogP contribution in [-0.2, 0) is 70.6 Å². The van der Waals surface area contributed by atoms with E-state index < -0.39 is 0 Å². The lowest BCUT2D eigenvalue weighted by Crippen LogP contribution is -2.03. The minimum atomic E-state index is 0.152. The SMILES string of the molecule is CCCc1ccc(O)c(Cc2cc(CCC)cc(Cc3cc(CCC)cc(Cc4cc(CCC)cc(Cc5cc(CCC)cc(Cc6cc(CCC)ccc6O)c5O)c4O)c3O)c2O)c1. The van der Waals surface area contributed by atoms with E-state index in [-0.39, 0.29) is 34.5 Å². The predicted octanol–water partition coefficient (Wildman–Crippen LogP) is 13.6. The molecule has 6 aromatic rings. The van der Waals surface area contributed by atoms with E-state index in [9.17, 15) is 30.6 Å². The summed E-state index contributed by atoms with van der Waals surface area (Å²) in [7, 11) is 0. The van der Waals surface area contributed by atoms with E-state index in [1.54, 1.807) is 12.1 Å². The smallest absolute Gasteiger partial charge is 0.122 e. The van der Waals surface area contributed by atoms with Gasteiger partial charge in [-0.2, -0.15) is 0 Å². The van der Waals surface area contributed by atoms with Gasteiger partial charge in [0.1, 0.15) is 34.5 Å². The maximum absolute atomic E-state index is 12.1. The molecular weight excluding hydrogens is 805 g/mol. The Morgan fingerprint density at radius 1 is 0.246 bits per heavy atom. The molecule has 0 bridgehead atoms. The third-order valence-corrected chi connectivity index (χ3v) is 12.7. The van der Waals surface area contributed by atoms with Crippen LogP contribution in [0.4, 0.5) is 0 Å². The second-order valence-corrected chi connectivity index (χ2v) is 18.4. The molecule has 0 saturated heterocycles. The zero-order chi connectivity index (χ0) is 46.6. The van der Waals surface area contributed by atoms with E-state index >= 15 is 0 Å². The summed E-state index contributed by atoms with van der Waals surface area (Å²) < 4.78 is 0. The highest BCUT2D eigenvalue weighted by Crippen LogP contribution is 2.39. The first kappa shape index (κ1) is 48.6. The van der Waals surface area contributed by atoms with Crippen LogP contribution in [-0.4, -0.2) is 30.6 Å². The highest BCUT2D eigenvalue weighted by Gasteiger charge is 2.21. The van der Waals surface area contributed by atoms with Crippen LogP contribution in [0.15, 0.2) is 84.9 Å². The molecule has 0 aliphatic rings. The first-order valence-electron chi connectivity index (χ1n) is 24.3. The average molecular weight is 877 g/mol. The van der Waals surface area contributed by atoms with Crippen LogP contribution < -0.4 is 0 Å². The third-order valence-electron chi connectivity index (χ3n) is 12.7. The van der Waals surface area contributed by atoms with Crippen molar-refractivity contribution in [3.05, 3.63) is 174 Å². The molecule has 0 aromatic heterocycles. The molecule has 6 N–H and O–H groups in total. The number of phenols is 6. The summed E-state index contributed by atoms with van der Waals surface area (Å²) >= 11 is 0. The number of benzene rings is 6. The van der Waals surface area contributed by atoms with E-state index in [2.05, 4.69) is 90.1 Å². The van der Waals surface area contributed by atoms with Gasteiger partial charge in [0.05, 0.1) is 0 Å². The lowest BCUT2D eigenvalue weighted by atomic mass is 9.88. The van der Waals surface area contributed by atoms with Gasteiger partial charge < -0.3 is 30.6 Å². The molecule has 0 aliphatic heterocycles. The molecule has 0 unspecified atom stereocenters. The minimum Gasteiger partial charge on any atom is -0.508 e. The fourth-order valence-electron chi connectivity index (χ4n) is 9.61. The molecule has 6 nitrogen and oxygen atoms in total. The van der Waals surface area contributed by atoms with Gasteiger partial charge >= 0.3 is 0 Å². The lowest BCUT2D eigenvalue weighted by molar-refractivity contribution is 0.452. The van der Waals surface area contributed by atoms with E-state index in [0.29, 0.717) is 43.2 Å². The van der Waals surface area contributed by atoms with Gasteiger partial charge in [0.2, 0.25) is 0 Å². The molecule has 0 aliphatic carbocycles. The van der Waals surface area contributed by atoms with E-state index in [1.165, 1.54) is 0 Å². The van der Waals surface area contributed by atoms with Crippen LogP contribution in [0.1, 0.15) is 169 Å². The zero-order valence-electron chi connectivity index (χ0n) is 39.8. The Labute approximate surface area is 388 Å². The Kier molecular flexibility index (Phi) is 17.1. The Morgan fingerprint density at radius 3 is 0.646 bits per heavy atom. The van der Waals surface area contributed by atoms with Gasteiger partial charge in [0.25, 0.3) is 0 Å². The normalized spacial score (nSPS) is 11.4. The first-order valence-corrected chi connectivity index (χ1v) is 24.3. The number of aromatic hydroxyl groups is 6. The van der Waals surface area contributed by atoms with Gasteiger partial charge in [0, 0.05) is 32.1 Å². The summed E-state index contributed by atoms with van der Waals surface area (Å²) in [4.78, 5) is 0. The maximum atomic E-state index is 12.1. The third kappa shape index (κ3) is 12.3. The van der Waals surface area contributed by atoms with Crippen molar-refractivity contribution >= 4 is 0 Å². The first-order chi connectivity index (χ1) is 31.4. The van der Waals surface area contributed by atoms with Crippen LogP contribution in [0.5, 0.6) is 34.5 Å². The average Bonchev–Trinajstić information content (AvgIpc) is 3.27. The molecule has 6 rings (SSSR count). The molecule has 344 valence electrons. The molecule has 0 fully saturated rings. The summed E-state index contributed by atoms with van der Waals surface area (Å²) in [5, 5.41) is 69.7. The second kappa shape index (κ2) is 22.8. The predicted molar refractivity (Wildman–Crippen MR) is 267 cm³/mol. The van der Waals surface area contributed by atoms with Crippen molar-refractivity contribution in [1.29, 1.82) is 0 Å². The quantitative estimate of drug-likeness (QED) is 0.0404. The Morgan fingerprint density at radius 2 is 0.431 bits per heavy atom. The molecule has 0 radical (unpaired) electrons. The largest absolute Gasteiger partial charge is 0.508 e. The second-order valence-electron chi connectivity index (χ2n) is 18.4. The minimum absolute atomic E-state index is 0.152. The van der Waals surface area contributed by atoms with Gasteiger partial charge in [0.15, 0.2) is 0 Å². The highest BCUT2D eigenvalue weighted by molar-refractivity contribution is 5.57. The van der Waals surface area contributed by atoms with Crippen LogP contribution in [0.25, 0.3) is 0 Å². The lowest BCUT2D eigenvalue weighted by Gasteiger charge is -2.19. The highest BCUT2D eigenvalue weighted by atomic mass is 16.3. The van der Waals surface area contributed by atoms with Gasteiger partial charge in [-0.05, 0) is 140 Å². The summed E-state index contributed by atoms with van der Waals surface area (Å²) in [5.74, 6) is 1.09. The van der Waals surface area contributed by atoms with E-state index in [1.807, 2.05) is 24.3 Å².